The molecular formula is C37H38Cl2N4O6. The van der Waals surface area contributed by atoms with E-state index in [2.05, 4.69) is 14.9 Å². The Balaban J connectivity index is 1.19. The van der Waals surface area contributed by atoms with E-state index in [0.29, 0.717) is 50.8 Å². The van der Waals surface area contributed by atoms with Crippen LogP contribution in [0.25, 0.3) is 0 Å². The first-order valence-electron chi connectivity index (χ1n) is 16.2. The molecule has 3 saturated heterocycles. The number of pyridine rings is 2. The molecule has 2 aromatic heterocycles. The average Bonchev–Trinajstić information content (AvgIpc) is 3.14. The summed E-state index contributed by atoms with van der Waals surface area (Å²) < 4.78 is 22.9. The highest BCUT2D eigenvalue weighted by molar-refractivity contribution is 6.35. The molecule has 12 heteroatoms. The maximum Gasteiger partial charge on any atom is 0.416 e. The number of piperidine rings is 3. The predicted molar refractivity (Wildman–Crippen MR) is 187 cm³/mol. The van der Waals surface area contributed by atoms with E-state index >= 15 is 0 Å². The fraction of sp³-hybridized carbons (Fsp3) is 0.351. The van der Waals surface area contributed by atoms with Gasteiger partial charge in [0.1, 0.15) is 11.9 Å². The predicted octanol–water partition coefficient (Wildman–Crippen LogP) is 7.22. The van der Waals surface area contributed by atoms with Gasteiger partial charge >= 0.3 is 12.1 Å². The first-order valence-corrected chi connectivity index (χ1v) is 17.0. The van der Waals surface area contributed by atoms with Crippen molar-refractivity contribution in [3.05, 3.63) is 112 Å². The molecule has 3 fully saturated rings. The number of carbonyl (C=O) groups is 2. The zero-order valence-electron chi connectivity index (χ0n) is 27.4. The molecule has 0 aliphatic carbocycles. The van der Waals surface area contributed by atoms with Gasteiger partial charge in [-0.3, -0.25) is 14.8 Å². The lowest BCUT2D eigenvalue weighted by atomic mass is 9.86. The van der Waals surface area contributed by atoms with E-state index in [9.17, 15) is 9.59 Å². The Labute approximate surface area is 295 Å². The van der Waals surface area contributed by atoms with Crippen molar-refractivity contribution in [2.24, 2.45) is 5.92 Å². The third-order valence-electron chi connectivity index (χ3n) is 9.20. The largest absolute Gasteiger partial charge is 0.493 e. The Bertz CT molecular complexity index is 1750. The Morgan fingerprint density at radius 1 is 0.959 bits per heavy atom. The zero-order valence-corrected chi connectivity index (χ0v) is 28.9. The van der Waals surface area contributed by atoms with Crippen LogP contribution in [0.1, 0.15) is 45.8 Å². The second kappa shape index (κ2) is 15.9. The van der Waals surface area contributed by atoms with E-state index in [0.717, 1.165) is 43.6 Å². The van der Waals surface area contributed by atoms with Gasteiger partial charge < -0.3 is 18.9 Å². The van der Waals surface area contributed by atoms with Crippen LogP contribution in [0, 0.1) is 5.92 Å². The van der Waals surface area contributed by atoms with E-state index in [1.807, 2.05) is 24.3 Å². The van der Waals surface area contributed by atoms with Gasteiger partial charge in [-0.2, -0.15) is 0 Å². The Kier molecular flexibility index (Phi) is 11.2. The summed E-state index contributed by atoms with van der Waals surface area (Å²) >= 11 is 13.0. The van der Waals surface area contributed by atoms with Crippen LogP contribution in [0.15, 0.2) is 79.3 Å². The number of amides is 1. The van der Waals surface area contributed by atoms with Crippen LogP contribution >= 0.6 is 23.2 Å². The van der Waals surface area contributed by atoms with Crippen LogP contribution in [-0.4, -0.2) is 73.5 Å². The van der Waals surface area contributed by atoms with Gasteiger partial charge in [0, 0.05) is 31.1 Å². The van der Waals surface area contributed by atoms with Crippen LogP contribution in [0.2, 0.25) is 10.0 Å². The number of ether oxygens (including phenoxy) is 4. The number of halogens is 2. The SMILES string of the molecule is COc1ccc([C@@H](COC(=O)c2cccc(CN(C(=O)O[C@H]3CN4CCC3CC4)c3ccccn3)c2)Cc2c(Cl)cncc2Cl)cc1OC. The minimum atomic E-state index is -0.515. The van der Waals surface area contributed by atoms with Gasteiger partial charge in [-0.05, 0) is 91.4 Å². The smallest absolute Gasteiger partial charge is 0.416 e. The second-order valence-electron chi connectivity index (χ2n) is 12.2. The maximum atomic E-state index is 13.6. The Morgan fingerprint density at radius 3 is 2.41 bits per heavy atom. The van der Waals surface area contributed by atoms with Gasteiger partial charge in [0.25, 0.3) is 0 Å². The molecule has 3 aliphatic heterocycles. The lowest BCUT2D eigenvalue weighted by molar-refractivity contribution is -0.0311. The first-order chi connectivity index (χ1) is 23.8. The minimum absolute atomic E-state index is 0.0273. The van der Waals surface area contributed by atoms with Gasteiger partial charge in [-0.15, -0.1) is 0 Å². The standard InChI is InChI=1S/C37H38Cl2N4O6/c1-46-32-10-9-26(18-33(32)47-2)28(17-29-30(38)19-40-20-31(29)39)23-48-36(44)27-7-5-6-24(16-27)21-43(35-8-3-4-13-41-35)37(45)49-34-22-42-14-11-25(34)12-15-42/h3-10,13,16,18-20,25,28,34H,11-12,14-15,17,21-23H2,1-2H3/t28-,34+/m1/s1. The average molecular weight is 706 g/mol. The van der Waals surface area contributed by atoms with Crippen molar-refractivity contribution in [3.63, 3.8) is 0 Å². The summed E-state index contributed by atoms with van der Waals surface area (Å²) in [4.78, 5) is 39.5. The summed E-state index contributed by atoms with van der Waals surface area (Å²) in [7, 11) is 3.13. The molecule has 49 heavy (non-hydrogen) atoms. The molecule has 2 aromatic carbocycles. The second-order valence-corrected chi connectivity index (χ2v) is 13.0. The fourth-order valence-corrected chi connectivity index (χ4v) is 7.01. The van der Waals surface area contributed by atoms with Crippen molar-refractivity contribution in [1.29, 1.82) is 0 Å². The number of hydrogen-bond donors (Lipinski definition) is 0. The molecule has 0 unspecified atom stereocenters. The monoisotopic (exact) mass is 704 g/mol. The molecule has 2 atom stereocenters. The van der Waals surface area contributed by atoms with Crippen molar-refractivity contribution in [2.45, 2.75) is 37.8 Å². The summed E-state index contributed by atoms with van der Waals surface area (Å²) in [6, 6.07) is 18.0. The molecule has 5 heterocycles. The Hall–Kier alpha value is -4.38. The van der Waals surface area contributed by atoms with E-state index in [1.54, 1.807) is 56.8 Å². The van der Waals surface area contributed by atoms with Crippen molar-refractivity contribution in [3.8, 4) is 11.5 Å². The molecule has 256 valence electrons. The molecular weight excluding hydrogens is 667 g/mol. The van der Waals surface area contributed by atoms with Crippen molar-refractivity contribution in [1.82, 2.24) is 14.9 Å². The van der Waals surface area contributed by atoms with E-state index in [4.69, 9.17) is 42.1 Å². The fourth-order valence-electron chi connectivity index (χ4n) is 6.49. The van der Waals surface area contributed by atoms with Gasteiger partial charge in [-0.25, -0.2) is 14.6 Å². The number of aromatic nitrogens is 2. The molecule has 1 amide bonds. The third kappa shape index (κ3) is 8.26. The number of rotatable bonds is 12. The minimum Gasteiger partial charge on any atom is -0.493 e. The van der Waals surface area contributed by atoms with Crippen LogP contribution in [-0.2, 0) is 22.4 Å². The number of benzene rings is 2. The summed E-state index contributed by atoms with van der Waals surface area (Å²) in [5.41, 5.74) is 2.60. The van der Waals surface area contributed by atoms with E-state index in [-0.39, 0.29) is 25.2 Å². The normalized spacial score (nSPS) is 18.7. The van der Waals surface area contributed by atoms with Gasteiger partial charge in [-0.1, -0.05) is 47.5 Å². The highest BCUT2D eigenvalue weighted by Gasteiger charge is 2.37. The van der Waals surface area contributed by atoms with Crippen LogP contribution in [0.3, 0.4) is 0 Å². The molecule has 3 aliphatic rings. The first kappa shape index (κ1) is 34.5. The lowest BCUT2D eigenvalue weighted by Gasteiger charge is -2.44. The molecule has 0 radical (unpaired) electrons. The maximum absolute atomic E-state index is 13.6. The molecule has 0 N–H and O–H groups in total. The van der Waals surface area contributed by atoms with Crippen molar-refractivity contribution < 1.29 is 28.5 Å². The topological polar surface area (TPSA) is 103 Å². The van der Waals surface area contributed by atoms with Gasteiger partial charge in [0.15, 0.2) is 11.5 Å². The van der Waals surface area contributed by atoms with Crippen LogP contribution in [0.4, 0.5) is 10.6 Å². The van der Waals surface area contributed by atoms with Crippen LogP contribution in [0.5, 0.6) is 11.5 Å². The summed E-state index contributed by atoms with van der Waals surface area (Å²) in [6.07, 6.45) is 6.53. The van der Waals surface area contributed by atoms with Crippen molar-refractivity contribution in [2.75, 3.05) is 45.4 Å². The van der Waals surface area contributed by atoms with E-state index < -0.39 is 12.1 Å². The highest BCUT2D eigenvalue weighted by atomic mass is 35.5. The summed E-state index contributed by atoms with van der Waals surface area (Å²) in [5, 5.41) is 0.836. The lowest BCUT2D eigenvalue weighted by Crippen LogP contribution is -2.53. The third-order valence-corrected chi connectivity index (χ3v) is 9.85. The quantitative estimate of drug-likeness (QED) is 0.141. The number of esters is 1. The summed E-state index contributed by atoms with van der Waals surface area (Å²) in [6.45, 7) is 3.03. The van der Waals surface area contributed by atoms with Crippen molar-refractivity contribution >= 4 is 41.1 Å². The van der Waals surface area contributed by atoms with Crippen LogP contribution < -0.4 is 14.4 Å². The Morgan fingerprint density at radius 2 is 1.73 bits per heavy atom. The molecule has 10 nitrogen and oxygen atoms in total. The van der Waals surface area contributed by atoms with E-state index in [1.165, 1.54) is 17.3 Å². The number of carbonyl (C=O) groups excluding carboxylic acids is 2. The molecule has 0 saturated carbocycles. The number of hydrogen-bond acceptors (Lipinski definition) is 9. The molecule has 7 rings (SSSR count). The number of nitrogens with zero attached hydrogens (tertiary/aromatic N) is 4. The number of anilines is 1. The molecule has 0 spiro atoms. The summed E-state index contributed by atoms with van der Waals surface area (Å²) in [5.74, 6) is 1.11. The highest BCUT2D eigenvalue weighted by Crippen LogP contribution is 2.35. The molecule has 2 bridgehead atoms. The van der Waals surface area contributed by atoms with Gasteiger partial charge in [0.2, 0.25) is 0 Å². The number of methoxy groups -OCH3 is 2. The number of fused-ring (bicyclic) bond motifs is 3. The van der Waals surface area contributed by atoms with Gasteiger partial charge in [0.05, 0.1) is 43.0 Å². The molecule has 4 aromatic rings. The zero-order chi connectivity index (χ0) is 34.3.